The van der Waals surface area contributed by atoms with Crippen LogP contribution in [0.4, 0.5) is 4.39 Å². The molecule has 33 heavy (non-hydrogen) atoms. The number of amides is 2. The van der Waals surface area contributed by atoms with Crippen LogP contribution in [-0.4, -0.2) is 27.1 Å². The van der Waals surface area contributed by atoms with E-state index in [4.69, 9.17) is 4.98 Å². The van der Waals surface area contributed by atoms with Gasteiger partial charge in [0.2, 0.25) is 5.91 Å². The molecule has 1 aliphatic rings. The summed E-state index contributed by atoms with van der Waals surface area (Å²) >= 11 is 2.64. The minimum atomic E-state index is -0.757. The largest absolute Gasteiger partial charge is 0.283 e. The third-order valence-corrected chi connectivity index (χ3v) is 7.58. The predicted molar refractivity (Wildman–Crippen MR) is 128 cm³/mol. The number of thioether (sulfide) groups is 1. The van der Waals surface area contributed by atoms with Crippen LogP contribution < -0.4 is 16.4 Å². The number of nitrogens with one attached hydrogen (secondary N) is 2. The molecule has 2 N–H and O–H groups in total. The van der Waals surface area contributed by atoms with Gasteiger partial charge in [0, 0.05) is 11.4 Å². The van der Waals surface area contributed by atoms with Gasteiger partial charge in [-0.15, -0.1) is 17.9 Å². The molecule has 4 rings (SSSR count). The summed E-state index contributed by atoms with van der Waals surface area (Å²) in [5.41, 5.74) is 5.28. The molecular formula is C23H23FN4O3S2. The van der Waals surface area contributed by atoms with Crippen molar-refractivity contribution in [3.8, 4) is 0 Å². The predicted octanol–water partition coefficient (Wildman–Crippen LogP) is 3.46. The molecule has 0 radical (unpaired) electrons. The van der Waals surface area contributed by atoms with E-state index in [-0.39, 0.29) is 23.4 Å². The SMILES string of the molecule is C=CCn1c(SCC(=O)NNC(=O)c2ccccc2F)nc2sc3c(c2c1=O)CCC(C)C3. The molecule has 2 amide bonds. The van der Waals surface area contributed by atoms with Crippen LogP contribution in [0.5, 0.6) is 0 Å². The van der Waals surface area contributed by atoms with E-state index in [1.54, 1.807) is 17.4 Å². The van der Waals surface area contributed by atoms with Crippen LogP contribution in [0, 0.1) is 11.7 Å². The highest BCUT2D eigenvalue weighted by Crippen LogP contribution is 2.36. The minimum Gasteiger partial charge on any atom is -0.283 e. The van der Waals surface area contributed by atoms with Crippen molar-refractivity contribution in [2.75, 3.05) is 5.75 Å². The van der Waals surface area contributed by atoms with Crippen molar-refractivity contribution in [3.05, 3.63) is 69.1 Å². The van der Waals surface area contributed by atoms with Crippen LogP contribution in [0.1, 0.15) is 34.1 Å². The highest BCUT2D eigenvalue weighted by Gasteiger charge is 2.24. The van der Waals surface area contributed by atoms with Gasteiger partial charge in [-0.3, -0.25) is 29.8 Å². The van der Waals surface area contributed by atoms with Crippen molar-refractivity contribution in [2.45, 2.75) is 37.9 Å². The highest BCUT2D eigenvalue weighted by molar-refractivity contribution is 7.99. The van der Waals surface area contributed by atoms with Gasteiger partial charge in [-0.2, -0.15) is 0 Å². The number of aryl methyl sites for hydroxylation is 1. The van der Waals surface area contributed by atoms with E-state index in [9.17, 15) is 18.8 Å². The van der Waals surface area contributed by atoms with Crippen LogP contribution in [0.3, 0.4) is 0 Å². The Labute approximate surface area is 198 Å². The van der Waals surface area contributed by atoms with Crippen molar-refractivity contribution in [2.24, 2.45) is 5.92 Å². The van der Waals surface area contributed by atoms with Crippen LogP contribution in [-0.2, 0) is 24.2 Å². The smallest absolute Gasteiger partial charge is 0.272 e. The molecule has 1 atom stereocenters. The van der Waals surface area contributed by atoms with Crippen LogP contribution in [0.15, 0.2) is 46.9 Å². The van der Waals surface area contributed by atoms with Crippen molar-refractivity contribution < 1.29 is 14.0 Å². The Morgan fingerprint density at radius 1 is 1.36 bits per heavy atom. The first-order chi connectivity index (χ1) is 15.9. The third kappa shape index (κ3) is 4.86. The number of carbonyl (C=O) groups is 2. The van der Waals surface area contributed by atoms with E-state index in [0.29, 0.717) is 21.3 Å². The Kier molecular flexibility index (Phi) is 6.94. The van der Waals surface area contributed by atoms with Crippen LogP contribution in [0.2, 0.25) is 0 Å². The minimum absolute atomic E-state index is 0.0885. The molecule has 0 saturated heterocycles. The van der Waals surface area contributed by atoms with E-state index in [1.807, 2.05) is 0 Å². The zero-order chi connectivity index (χ0) is 23.5. The van der Waals surface area contributed by atoms with Crippen molar-refractivity contribution in [1.29, 1.82) is 0 Å². The molecule has 0 fully saturated rings. The second-order valence-electron chi connectivity index (χ2n) is 7.90. The number of benzene rings is 1. The number of hydrazine groups is 1. The molecule has 0 aliphatic heterocycles. The van der Waals surface area contributed by atoms with Gasteiger partial charge in [0.15, 0.2) is 5.16 Å². The summed E-state index contributed by atoms with van der Waals surface area (Å²) in [5.74, 6) is -1.46. The Bertz CT molecular complexity index is 1300. The molecular weight excluding hydrogens is 463 g/mol. The zero-order valence-electron chi connectivity index (χ0n) is 18.0. The summed E-state index contributed by atoms with van der Waals surface area (Å²) in [5, 5.41) is 1.09. The number of rotatable bonds is 6. The van der Waals surface area contributed by atoms with Crippen molar-refractivity contribution in [3.63, 3.8) is 0 Å². The third-order valence-electron chi connectivity index (χ3n) is 5.46. The summed E-state index contributed by atoms with van der Waals surface area (Å²) in [6.07, 6.45) is 4.49. The first-order valence-corrected chi connectivity index (χ1v) is 12.3. The van der Waals surface area contributed by atoms with E-state index in [1.165, 1.54) is 27.6 Å². The molecule has 0 spiro atoms. The Balaban J connectivity index is 1.49. The average Bonchev–Trinajstić information content (AvgIpc) is 3.16. The lowest BCUT2D eigenvalue weighted by Gasteiger charge is -2.17. The van der Waals surface area contributed by atoms with Gasteiger partial charge in [0.1, 0.15) is 10.6 Å². The van der Waals surface area contributed by atoms with Crippen LogP contribution in [0.25, 0.3) is 10.2 Å². The number of hydrogen-bond donors (Lipinski definition) is 2. The molecule has 0 bridgehead atoms. The zero-order valence-corrected chi connectivity index (χ0v) is 19.7. The number of hydrogen-bond acceptors (Lipinski definition) is 6. The fourth-order valence-electron chi connectivity index (χ4n) is 3.81. The number of thiophene rings is 1. The monoisotopic (exact) mass is 486 g/mol. The lowest BCUT2D eigenvalue weighted by atomic mass is 9.89. The molecule has 2 aromatic heterocycles. The lowest BCUT2D eigenvalue weighted by Crippen LogP contribution is -2.42. The number of fused-ring (bicyclic) bond motifs is 3. The Hall–Kier alpha value is -2.98. The molecule has 0 saturated carbocycles. The van der Waals surface area contributed by atoms with E-state index < -0.39 is 17.6 Å². The molecule has 3 aromatic rings. The highest BCUT2D eigenvalue weighted by atomic mass is 32.2. The number of nitrogens with zero attached hydrogens (tertiary/aromatic N) is 2. The van der Waals surface area contributed by atoms with Gasteiger partial charge in [-0.25, -0.2) is 9.37 Å². The first-order valence-electron chi connectivity index (χ1n) is 10.5. The van der Waals surface area contributed by atoms with Crippen LogP contribution >= 0.6 is 23.1 Å². The fourth-order valence-corrected chi connectivity index (χ4v) is 6.04. The van der Waals surface area contributed by atoms with E-state index in [0.717, 1.165) is 42.7 Å². The van der Waals surface area contributed by atoms with Gasteiger partial charge in [0.05, 0.1) is 16.7 Å². The Morgan fingerprint density at radius 3 is 2.91 bits per heavy atom. The number of carbonyl (C=O) groups excluding carboxylic acids is 2. The summed E-state index contributed by atoms with van der Waals surface area (Å²) in [6, 6.07) is 5.48. The second kappa shape index (κ2) is 9.88. The second-order valence-corrected chi connectivity index (χ2v) is 9.93. The maximum absolute atomic E-state index is 13.7. The molecule has 2 heterocycles. The molecule has 172 valence electrons. The van der Waals surface area contributed by atoms with Gasteiger partial charge in [-0.1, -0.05) is 36.9 Å². The maximum atomic E-state index is 13.7. The number of allylic oxidation sites excluding steroid dienone is 1. The topological polar surface area (TPSA) is 93.1 Å². The summed E-state index contributed by atoms with van der Waals surface area (Å²) < 4.78 is 15.2. The summed E-state index contributed by atoms with van der Waals surface area (Å²) in [6.45, 7) is 6.22. The van der Waals surface area contributed by atoms with Gasteiger partial charge in [-0.05, 0) is 42.9 Å². The standard InChI is InChI=1S/C23H23FN4O3S2/c1-3-10-28-22(31)19-15-9-8-13(2)11-17(15)33-21(19)25-23(28)32-12-18(29)26-27-20(30)14-6-4-5-7-16(14)24/h3-7,13H,1,8-12H2,2H3,(H,26,29)(H,27,30). The number of aromatic nitrogens is 2. The summed E-state index contributed by atoms with van der Waals surface area (Å²) in [7, 11) is 0. The first kappa shape index (κ1) is 23.2. The lowest BCUT2D eigenvalue weighted by molar-refractivity contribution is -0.119. The van der Waals surface area contributed by atoms with Gasteiger partial charge in [0.25, 0.3) is 11.5 Å². The molecule has 1 aromatic carbocycles. The maximum Gasteiger partial charge on any atom is 0.272 e. The van der Waals surface area contributed by atoms with Crippen molar-refractivity contribution >= 4 is 45.1 Å². The molecule has 10 heteroatoms. The van der Waals surface area contributed by atoms with Gasteiger partial charge < -0.3 is 0 Å². The molecule has 1 unspecified atom stereocenters. The van der Waals surface area contributed by atoms with Gasteiger partial charge >= 0.3 is 0 Å². The summed E-state index contributed by atoms with van der Waals surface area (Å²) in [4.78, 5) is 44.2. The average molecular weight is 487 g/mol. The normalized spacial score (nSPS) is 15.2. The van der Waals surface area contributed by atoms with E-state index >= 15 is 0 Å². The Morgan fingerprint density at radius 2 is 2.15 bits per heavy atom. The number of halogens is 1. The van der Waals surface area contributed by atoms with E-state index in [2.05, 4.69) is 24.4 Å². The fraction of sp³-hybridized carbons (Fsp3) is 0.304. The molecule has 1 aliphatic carbocycles. The molecule has 7 nitrogen and oxygen atoms in total. The quantitative estimate of drug-likeness (QED) is 0.241. The van der Waals surface area contributed by atoms with Crippen molar-refractivity contribution in [1.82, 2.24) is 20.4 Å².